The Morgan fingerprint density at radius 2 is 1.17 bits per heavy atom. The zero-order valence-electron chi connectivity index (χ0n) is 29.3. The second-order valence-corrected chi connectivity index (χ2v) is 13.8. The second-order valence-electron chi connectivity index (χ2n) is 13.8. The molecule has 1 heterocycles. The predicted octanol–water partition coefficient (Wildman–Crippen LogP) is 14.2. The van der Waals surface area contributed by atoms with Crippen molar-refractivity contribution in [2.24, 2.45) is 0 Å². The lowest BCUT2D eigenvalue weighted by molar-refractivity contribution is 1.04. The van der Waals surface area contributed by atoms with Gasteiger partial charge in [-0.3, -0.25) is 4.90 Å². The van der Waals surface area contributed by atoms with Crippen LogP contribution in [0.2, 0.25) is 0 Å². The van der Waals surface area contributed by atoms with Crippen molar-refractivity contribution in [3.8, 4) is 22.3 Å². The molecule has 1 aromatic heterocycles. The molecule has 0 amide bonds. The molecule has 0 unspecified atom stereocenters. The Hall–Kier alpha value is -6.77. The van der Waals surface area contributed by atoms with Crippen molar-refractivity contribution in [2.75, 3.05) is 4.90 Å². The van der Waals surface area contributed by atoms with E-state index < -0.39 is 0 Å². The van der Waals surface area contributed by atoms with Gasteiger partial charge in [-0.15, -0.1) is 0 Å². The summed E-state index contributed by atoms with van der Waals surface area (Å²) in [6.07, 6.45) is 11.1. The van der Waals surface area contributed by atoms with E-state index in [4.69, 9.17) is 4.98 Å². The number of allylic oxidation sites excluding steroid dienone is 4. The van der Waals surface area contributed by atoms with Gasteiger partial charge in [0.05, 0.1) is 5.69 Å². The van der Waals surface area contributed by atoms with E-state index in [0.717, 1.165) is 30.0 Å². The Kier molecular flexibility index (Phi) is 7.66. The van der Waals surface area contributed by atoms with Crippen LogP contribution >= 0.6 is 0 Å². The standard InChI is InChI=1S/C51H36N2/c1-4-17-36(18-5-1)44-34-45(37-19-6-2-7-20-37)50-43-31-30-39(53(48-29-14-15-32-52-48)47-28-16-24-35-21-10-11-25-40(35)47)33-46(43)41-26-12-13-27-42(41)51(50)49(44)38-22-8-3-9-23-38/h2-4,6-34H,1,5H2. The van der Waals surface area contributed by atoms with Crippen molar-refractivity contribution in [1.29, 1.82) is 0 Å². The lowest BCUT2D eigenvalue weighted by Crippen LogP contribution is -2.11. The number of hydrogen-bond acceptors (Lipinski definition) is 2. The van der Waals surface area contributed by atoms with Crippen molar-refractivity contribution in [3.63, 3.8) is 0 Å². The first-order chi connectivity index (χ1) is 26.3. The van der Waals surface area contributed by atoms with Crippen LogP contribution in [0.3, 0.4) is 0 Å². The minimum atomic E-state index is 0.878. The van der Waals surface area contributed by atoms with Crippen LogP contribution in [0.15, 0.2) is 194 Å². The Balaban J connectivity index is 1.35. The largest absolute Gasteiger partial charge is 0.294 e. The molecule has 1 aliphatic rings. The maximum Gasteiger partial charge on any atom is 0.137 e. The van der Waals surface area contributed by atoms with Crippen molar-refractivity contribution >= 4 is 65.9 Å². The molecular formula is C51H36N2. The van der Waals surface area contributed by atoms with E-state index >= 15 is 0 Å². The Bertz CT molecular complexity index is 2870. The van der Waals surface area contributed by atoms with E-state index in [2.05, 4.69) is 187 Å². The number of anilines is 3. The first kappa shape index (κ1) is 31.0. The molecule has 0 spiro atoms. The third-order valence-corrected chi connectivity index (χ3v) is 10.7. The van der Waals surface area contributed by atoms with Gasteiger partial charge in [0.2, 0.25) is 0 Å². The zero-order chi connectivity index (χ0) is 35.1. The molecule has 0 atom stereocenters. The van der Waals surface area contributed by atoms with Crippen LogP contribution in [0.5, 0.6) is 0 Å². The number of rotatable bonds is 6. The van der Waals surface area contributed by atoms with Gasteiger partial charge < -0.3 is 0 Å². The van der Waals surface area contributed by atoms with Gasteiger partial charge in [0.15, 0.2) is 0 Å². The third kappa shape index (κ3) is 5.30. The van der Waals surface area contributed by atoms with Crippen LogP contribution in [0, 0.1) is 0 Å². The summed E-state index contributed by atoms with van der Waals surface area (Å²) >= 11 is 0. The molecule has 0 fully saturated rings. The lowest BCUT2D eigenvalue weighted by atomic mass is 9.80. The minimum Gasteiger partial charge on any atom is -0.294 e. The summed E-state index contributed by atoms with van der Waals surface area (Å²) in [5, 5.41) is 9.87. The molecular weight excluding hydrogens is 641 g/mol. The highest BCUT2D eigenvalue weighted by Crippen LogP contribution is 2.49. The summed E-state index contributed by atoms with van der Waals surface area (Å²) in [5.41, 5.74) is 9.69. The molecule has 0 aliphatic heterocycles. The maximum atomic E-state index is 4.90. The summed E-state index contributed by atoms with van der Waals surface area (Å²) in [7, 11) is 0. The number of nitrogens with zero attached hydrogens (tertiary/aromatic N) is 2. The van der Waals surface area contributed by atoms with Crippen LogP contribution < -0.4 is 4.90 Å². The molecule has 8 aromatic carbocycles. The zero-order valence-corrected chi connectivity index (χ0v) is 29.3. The molecule has 0 saturated carbocycles. The van der Waals surface area contributed by atoms with Gasteiger partial charge in [0, 0.05) is 17.3 Å². The second kappa shape index (κ2) is 13.1. The van der Waals surface area contributed by atoms with Crippen molar-refractivity contribution in [2.45, 2.75) is 12.8 Å². The Morgan fingerprint density at radius 3 is 1.94 bits per heavy atom. The fraction of sp³-hybridized carbons (Fsp3) is 0.0392. The quantitative estimate of drug-likeness (QED) is 0.163. The van der Waals surface area contributed by atoms with Gasteiger partial charge in [0.1, 0.15) is 5.82 Å². The van der Waals surface area contributed by atoms with Crippen LogP contribution in [0.25, 0.3) is 70.9 Å². The normalized spacial score (nSPS) is 12.8. The molecule has 0 N–H and O–H groups in total. The lowest BCUT2D eigenvalue weighted by Gasteiger charge is -2.27. The van der Waals surface area contributed by atoms with E-state index in [9.17, 15) is 0 Å². The summed E-state index contributed by atoms with van der Waals surface area (Å²) in [6.45, 7) is 0. The van der Waals surface area contributed by atoms with Crippen molar-refractivity contribution < 1.29 is 0 Å². The number of pyridine rings is 1. The third-order valence-electron chi connectivity index (χ3n) is 10.7. The highest BCUT2D eigenvalue weighted by Gasteiger charge is 2.23. The maximum absolute atomic E-state index is 4.90. The topological polar surface area (TPSA) is 16.1 Å². The molecule has 10 rings (SSSR count). The number of aromatic nitrogens is 1. The van der Waals surface area contributed by atoms with E-state index in [0.29, 0.717) is 0 Å². The minimum absolute atomic E-state index is 0.878. The number of hydrogen-bond donors (Lipinski definition) is 0. The van der Waals surface area contributed by atoms with Crippen molar-refractivity contribution in [3.05, 3.63) is 200 Å². The molecule has 0 radical (unpaired) electrons. The van der Waals surface area contributed by atoms with Gasteiger partial charge in [-0.1, -0.05) is 152 Å². The van der Waals surface area contributed by atoms with Crippen LogP contribution in [-0.4, -0.2) is 4.98 Å². The van der Waals surface area contributed by atoms with Gasteiger partial charge in [-0.25, -0.2) is 4.98 Å². The van der Waals surface area contributed by atoms with E-state index in [1.807, 2.05) is 12.3 Å². The summed E-state index contributed by atoms with van der Waals surface area (Å²) in [6, 6.07) is 61.6. The highest BCUT2D eigenvalue weighted by molar-refractivity contribution is 6.33. The SMILES string of the molecule is C1=CC(c2cc(-c3ccccc3)c3c4ccc(N(c5ccccn5)c5cccc6ccccc56)cc4c4ccccc4c3c2-c2ccccc2)=CCC1. The van der Waals surface area contributed by atoms with E-state index in [-0.39, 0.29) is 0 Å². The molecule has 9 aromatic rings. The summed E-state index contributed by atoms with van der Waals surface area (Å²) in [5.74, 6) is 0.878. The predicted molar refractivity (Wildman–Crippen MR) is 226 cm³/mol. The highest BCUT2D eigenvalue weighted by atomic mass is 15.2. The summed E-state index contributed by atoms with van der Waals surface area (Å²) in [4.78, 5) is 7.20. The fourth-order valence-corrected chi connectivity index (χ4v) is 8.36. The van der Waals surface area contributed by atoms with Crippen LogP contribution in [0.1, 0.15) is 18.4 Å². The monoisotopic (exact) mass is 676 g/mol. The smallest absolute Gasteiger partial charge is 0.137 e. The van der Waals surface area contributed by atoms with Crippen LogP contribution in [0.4, 0.5) is 17.2 Å². The van der Waals surface area contributed by atoms with Gasteiger partial charge >= 0.3 is 0 Å². The molecule has 1 aliphatic carbocycles. The number of fused-ring (bicyclic) bond motifs is 7. The molecule has 53 heavy (non-hydrogen) atoms. The molecule has 0 saturated heterocycles. The van der Waals surface area contributed by atoms with E-state index in [1.165, 1.54) is 76.5 Å². The van der Waals surface area contributed by atoms with E-state index in [1.54, 1.807) is 0 Å². The van der Waals surface area contributed by atoms with Gasteiger partial charge in [-0.2, -0.15) is 0 Å². The molecule has 0 bridgehead atoms. The fourth-order valence-electron chi connectivity index (χ4n) is 8.36. The number of benzene rings is 8. The first-order valence-corrected chi connectivity index (χ1v) is 18.5. The average molecular weight is 677 g/mol. The van der Waals surface area contributed by atoms with Crippen molar-refractivity contribution in [1.82, 2.24) is 4.98 Å². The summed E-state index contributed by atoms with van der Waals surface area (Å²) < 4.78 is 0. The molecule has 2 heteroatoms. The molecule has 2 nitrogen and oxygen atoms in total. The Morgan fingerprint density at radius 1 is 0.472 bits per heavy atom. The average Bonchev–Trinajstić information content (AvgIpc) is 3.24. The van der Waals surface area contributed by atoms with Crippen LogP contribution in [-0.2, 0) is 0 Å². The Labute approximate surface area is 309 Å². The van der Waals surface area contributed by atoms with Gasteiger partial charge in [-0.05, 0) is 120 Å². The molecule has 250 valence electrons. The van der Waals surface area contributed by atoms with Gasteiger partial charge in [0.25, 0.3) is 0 Å². The first-order valence-electron chi connectivity index (χ1n) is 18.5.